The lowest BCUT2D eigenvalue weighted by atomic mass is 10.1. The minimum absolute atomic E-state index is 0.216. The molecule has 0 fully saturated rings. The van der Waals surface area contributed by atoms with Gasteiger partial charge in [0.15, 0.2) is 0 Å². The molecular weight excluding hydrogens is 407 g/mol. The summed E-state index contributed by atoms with van der Waals surface area (Å²) >= 11 is 12.0. The van der Waals surface area contributed by atoms with Crippen molar-refractivity contribution in [3.8, 4) is 0 Å². The van der Waals surface area contributed by atoms with E-state index < -0.39 is 22.0 Å². The van der Waals surface area contributed by atoms with Gasteiger partial charge in [-0.15, -0.1) is 0 Å². The lowest BCUT2D eigenvalue weighted by Crippen LogP contribution is -2.47. The van der Waals surface area contributed by atoms with Gasteiger partial charge in [-0.3, -0.25) is 9.10 Å². The van der Waals surface area contributed by atoms with Crippen LogP contribution in [0.2, 0.25) is 10.0 Å². The molecule has 2 rings (SSSR count). The summed E-state index contributed by atoms with van der Waals surface area (Å²) < 4.78 is 26.0. The number of aryl methyl sites for hydroxylation is 1. The standard InChI is InChI=1S/C19H22Cl2N2O3S/c1-4-13-6-8-14(9-7-13)22-19(24)18(5-2)23(27(3,25)26)15-10-11-16(20)17(21)12-15/h6-12,18H,4-5H2,1-3H3,(H,22,24). The lowest BCUT2D eigenvalue weighted by molar-refractivity contribution is -0.117. The van der Waals surface area contributed by atoms with Crippen LogP contribution < -0.4 is 9.62 Å². The first kappa shape index (κ1) is 21.5. The van der Waals surface area contributed by atoms with Crippen molar-refractivity contribution in [3.05, 3.63) is 58.1 Å². The van der Waals surface area contributed by atoms with Crippen LogP contribution in [-0.4, -0.2) is 26.6 Å². The van der Waals surface area contributed by atoms with Gasteiger partial charge in [-0.25, -0.2) is 8.42 Å². The Morgan fingerprint density at radius 3 is 2.19 bits per heavy atom. The monoisotopic (exact) mass is 428 g/mol. The molecule has 5 nitrogen and oxygen atoms in total. The molecule has 2 aromatic rings. The summed E-state index contributed by atoms with van der Waals surface area (Å²) in [5, 5.41) is 3.31. The van der Waals surface area contributed by atoms with E-state index in [1.807, 2.05) is 19.1 Å². The van der Waals surface area contributed by atoms with Crippen molar-refractivity contribution < 1.29 is 13.2 Å². The Hall–Kier alpha value is -1.76. The molecule has 0 radical (unpaired) electrons. The van der Waals surface area contributed by atoms with Crippen molar-refractivity contribution in [1.82, 2.24) is 0 Å². The number of anilines is 2. The van der Waals surface area contributed by atoms with Crippen LogP contribution >= 0.6 is 23.2 Å². The maximum Gasteiger partial charge on any atom is 0.248 e. The quantitative estimate of drug-likeness (QED) is 0.692. The van der Waals surface area contributed by atoms with Crippen LogP contribution in [-0.2, 0) is 21.2 Å². The predicted octanol–water partition coefficient (Wildman–Crippen LogP) is 4.74. The number of carbonyl (C=O) groups excluding carboxylic acids is 1. The number of hydrogen-bond donors (Lipinski definition) is 1. The van der Waals surface area contributed by atoms with Gasteiger partial charge in [-0.1, -0.05) is 49.2 Å². The first-order chi connectivity index (χ1) is 12.7. The third kappa shape index (κ3) is 5.37. The molecule has 1 unspecified atom stereocenters. The number of nitrogens with one attached hydrogen (secondary N) is 1. The van der Waals surface area contributed by atoms with Crippen LogP contribution in [0.1, 0.15) is 25.8 Å². The normalized spacial score (nSPS) is 12.5. The molecule has 0 aromatic heterocycles. The lowest BCUT2D eigenvalue weighted by Gasteiger charge is -2.30. The molecule has 0 heterocycles. The maximum atomic E-state index is 12.8. The molecule has 1 atom stereocenters. The number of carbonyl (C=O) groups is 1. The molecule has 0 aliphatic carbocycles. The Morgan fingerprint density at radius 2 is 1.70 bits per heavy atom. The van der Waals surface area contributed by atoms with E-state index in [1.165, 1.54) is 18.2 Å². The molecule has 146 valence electrons. The summed E-state index contributed by atoms with van der Waals surface area (Å²) in [6.07, 6.45) is 2.23. The van der Waals surface area contributed by atoms with Gasteiger partial charge in [-0.05, 0) is 48.7 Å². The Kier molecular flexibility index (Phi) is 7.14. The van der Waals surface area contributed by atoms with Gasteiger partial charge < -0.3 is 5.32 Å². The molecule has 0 aliphatic rings. The summed E-state index contributed by atoms with van der Waals surface area (Å²) in [5.41, 5.74) is 2.04. The highest BCUT2D eigenvalue weighted by Crippen LogP contribution is 2.30. The van der Waals surface area contributed by atoms with Crippen molar-refractivity contribution in [1.29, 1.82) is 0 Å². The van der Waals surface area contributed by atoms with Gasteiger partial charge >= 0.3 is 0 Å². The minimum atomic E-state index is -3.74. The van der Waals surface area contributed by atoms with Crippen molar-refractivity contribution in [3.63, 3.8) is 0 Å². The maximum absolute atomic E-state index is 12.8. The number of rotatable bonds is 7. The van der Waals surface area contributed by atoms with E-state index >= 15 is 0 Å². The number of nitrogens with zero attached hydrogens (tertiary/aromatic N) is 1. The highest BCUT2D eigenvalue weighted by Gasteiger charge is 2.31. The number of benzene rings is 2. The second-order valence-corrected chi connectivity index (χ2v) is 8.79. The number of sulfonamides is 1. The fourth-order valence-corrected chi connectivity index (χ4v) is 4.23. The fraction of sp³-hybridized carbons (Fsp3) is 0.316. The Labute approximate surface area is 170 Å². The molecule has 1 amide bonds. The molecule has 0 saturated heterocycles. The molecule has 8 heteroatoms. The van der Waals surface area contributed by atoms with Crippen LogP contribution in [0.15, 0.2) is 42.5 Å². The zero-order valence-electron chi connectivity index (χ0n) is 15.4. The summed E-state index contributed by atoms with van der Waals surface area (Å²) in [6.45, 7) is 3.79. The Bertz CT molecular complexity index is 915. The van der Waals surface area contributed by atoms with Gasteiger partial charge in [0.05, 0.1) is 22.0 Å². The van der Waals surface area contributed by atoms with E-state index in [0.29, 0.717) is 10.7 Å². The van der Waals surface area contributed by atoms with Crippen LogP contribution in [0.4, 0.5) is 11.4 Å². The molecule has 0 bridgehead atoms. The van der Waals surface area contributed by atoms with Crippen LogP contribution in [0.3, 0.4) is 0 Å². The average molecular weight is 429 g/mol. The van der Waals surface area contributed by atoms with E-state index in [2.05, 4.69) is 5.32 Å². The third-order valence-corrected chi connectivity index (χ3v) is 6.04. The van der Waals surface area contributed by atoms with Crippen molar-refractivity contribution >= 4 is 50.5 Å². The van der Waals surface area contributed by atoms with Crippen molar-refractivity contribution in [2.75, 3.05) is 15.9 Å². The average Bonchev–Trinajstić information content (AvgIpc) is 2.61. The summed E-state index contributed by atoms with van der Waals surface area (Å²) in [4.78, 5) is 12.8. The Balaban J connectivity index is 2.36. The predicted molar refractivity (Wildman–Crippen MR) is 112 cm³/mol. The number of amides is 1. The van der Waals surface area contributed by atoms with Gasteiger partial charge in [0.2, 0.25) is 15.9 Å². The van der Waals surface area contributed by atoms with Crippen molar-refractivity contribution in [2.24, 2.45) is 0 Å². The first-order valence-electron chi connectivity index (χ1n) is 8.51. The van der Waals surface area contributed by atoms with E-state index in [9.17, 15) is 13.2 Å². The van der Waals surface area contributed by atoms with E-state index in [0.717, 1.165) is 22.5 Å². The van der Waals surface area contributed by atoms with Gasteiger partial charge in [0, 0.05) is 5.69 Å². The van der Waals surface area contributed by atoms with E-state index in [-0.39, 0.29) is 17.1 Å². The highest BCUT2D eigenvalue weighted by molar-refractivity contribution is 7.92. The second-order valence-electron chi connectivity index (χ2n) is 6.12. The first-order valence-corrected chi connectivity index (χ1v) is 11.1. The summed E-state index contributed by atoms with van der Waals surface area (Å²) in [7, 11) is -3.74. The SMILES string of the molecule is CCc1ccc(NC(=O)C(CC)N(c2ccc(Cl)c(Cl)c2)S(C)(=O)=O)cc1. The molecule has 27 heavy (non-hydrogen) atoms. The van der Waals surface area contributed by atoms with Crippen LogP contribution in [0.5, 0.6) is 0 Å². The van der Waals surface area contributed by atoms with Gasteiger partial charge in [-0.2, -0.15) is 0 Å². The van der Waals surface area contributed by atoms with Crippen molar-refractivity contribution in [2.45, 2.75) is 32.7 Å². The molecule has 0 saturated carbocycles. The summed E-state index contributed by atoms with van der Waals surface area (Å²) in [5.74, 6) is -0.418. The summed E-state index contributed by atoms with van der Waals surface area (Å²) in [6, 6.07) is 11.0. The molecule has 0 aliphatic heterocycles. The minimum Gasteiger partial charge on any atom is -0.324 e. The van der Waals surface area contributed by atoms with Gasteiger partial charge in [0.1, 0.15) is 6.04 Å². The molecule has 1 N–H and O–H groups in total. The smallest absolute Gasteiger partial charge is 0.248 e. The second kappa shape index (κ2) is 8.95. The fourth-order valence-electron chi connectivity index (χ4n) is 2.73. The molecule has 0 spiro atoms. The van der Waals surface area contributed by atoms with E-state index in [4.69, 9.17) is 23.2 Å². The van der Waals surface area contributed by atoms with Gasteiger partial charge in [0.25, 0.3) is 0 Å². The number of halogens is 2. The van der Waals surface area contributed by atoms with Crippen LogP contribution in [0, 0.1) is 0 Å². The third-order valence-electron chi connectivity index (χ3n) is 4.12. The highest BCUT2D eigenvalue weighted by atomic mass is 35.5. The van der Waals surface area contributed by atoms with E-state index in [1.54, 1.807) is 19.1 Å². The van der Waals surface area contributed by atoms with Crippen LogP contribution in [0.25, 0.3) is 0 Å². The zero-order valence-corrected chi connectivity index (χ0v) is 17.7. The number of hydrogen-bond acceptors (Lipinski definition) is 3. The molecule has 2 aromatic carbocycles. The zero-order chi connectivity index (χ0) is 20.2. The Morgan fingerprint density at radius 1 is 1.07 bits per heavy atom. The largest absolute Gasteiger partial charge is 0.324 e. The topological polar surface area (TPSA) is 66.5 Å². The molecular formula is C19H22Cl2N2O3S.